The van der Waals surface area contributed by atoms with Gasteiger partial charge in [-0.3, -0.25) is 9.78 Å². The Kier molecular flexibility index (Phi) is 5.32. The van der Waals surface area contributed by atoms with Gasteiger partial charge in [-0.25, -0.2) is 13.6 Å². The van der Waals surface area contributed by atoms with Crippen molar-refractivity contribution < 1.29 is 23.1 Å². The fourth-order valence-electron chi connectivity index (χ4n) is 5.65. The fourth-order valence-corrected chi connectivity index (χ4v) is 5.65. The number of hydrogen-bond donors (Lipinski definition) is 1. The molecule has 9 heteroatoms. The van der Waals surface area contributed by atoms with Crippen LogP contribution < -0.4 is 5.32 Å². The number of hydrogen-bond acceptors (Lipinski definition) is 4. The van der Waals surface area contributed by atoms with Gasteiger partial charge in [0, 0.05) is 37.7 Å². The Morgan fingerprint density at radius 2 is 2.00 bits per heavy atom. The molecule has 4 fully saturated rings. The molecule has 4 heterocycles. The minimum absolute atomic E-state index is 0.000180. The van der Waals surface area contributed by atoms with E-state index in [0.717, 1.165) is 57.5 Å². The van der Waals surface area contributed by atoms with Crippen LogP contribution in [0.1, 0.15) is 37.8 Å². The summed E-state index contributed by atoms with van der Waals surface area (Å²) in [4.78, 5) is 32.2. The molecular formula is C22H28F2N4O3. The van der Waals surface area contributed by atoms with Crippen LogP contribution in [0.25, 0.3) is 0 Å². The van der Waals surface area contributed by atoms with Gasteiger partial charge in [-0.05, 0) is 44.4 Å². The van der Waals surface area contributed by atoms with Crippen molar-refractivity contribution >= 4 is 11.9 Å². The summed E-state index contributed by atoms with van der Waals surface area (Å²) in [6.45, 7) is 2.77. The molecule has 1 aromatic rings. The predicted octanol–water partition coefficient (Wildman–Crippen LogP) is 2.10. The quantitative estimate of drug-likeness (QED) is 0.774. The van der Waals surface area contributed by atoms with Crippen molar-refractivity contribution in [2.45, 2.75) is 50.7 Å². The molecule has 168 valence electrons. The molecular weight excluding hydrogens is 406 g/mol. The second-order valence-electron chi connectivity index (χ2n) is 9.63. The molecule has 7 nitrogen and oxygen atoms in total. The molecule has 0 bridgehead atoms. The van der Waals surface area contributed by atoms with E-state index in [4.69, 9.17) is 4.74 Å². The Hall–Kier alpha value is -2.29. The Balaban J connectivity index is 1.10. The number of rotatable bonds is 2. The van der Waals surface area contributed by atoms with Crippen molar-refractivity contribution in [3.63, 3.8) is 0 Å². The highest BCUT2D eigenvalue weighted by atomic mass is 19.1. The van der Waals surface area contributed by atoms with Crippen molar-refractivity contribution in [3.8, 4) is 0 Å². The van der Waals surface area contributed by atoms with Crippen LogP contribution in [0, 0.1) is 23.0 Å². The number of carbonyl (C=O) groups is 2. The largest absolute Gasteiger partial charge is 0.366 e. The van der Waals surface area contributed by atoms with E-state index in [2.05, 4.69) is 10.3 Å². The van der Waals surface area contributed by atoms with E-state index in [1.165, 1.54) is 0 Å². The number of fused-ring (bicyclic) bond motifs is 1. The van der Waals surface area contributed by atoms with E-state index in [9.17, 15) is 18.4 Å². The van der Waals surface area contributed by atoms with E-state index in [0.29, 0.717) is 31.1 Å². The molecule has 3 saturated heterocycles. The van der Waals surface area contributed by atoms with Gasteiger partial charge in [-0.1, -0.05) is 0 Å². The molecule has 3 aliphatic heterocycles. The summed E-state index contributed by atoms with van der Waals surface area (Å²) in [6, 6.07) is 0.823. The summed E-state index contributed by atoms with van der Waals surface area (Å²) in [5.74, 6) is -0.988. The molecule has 4 aliphatic rings. The zero-order valence-electron chi connectivity index (χ0n) is 17.5. The van der Waals surface area contributed by atoms with Crippen molar-refractivity contribution in [1.29, 1.82) is 0 Å². The number of aromatic nitrogens is 1. The van der Waals surface area contributed by atoms with Crippen LogP contribution in [0.3, 0.4) is 0 Å². The predicted molar refractivity (Wildman–Crippen MR) is 107 cm³/mol. The lowest BCUT2D eigenvalue weighted by Gasteiger charge is -2.55. The van der Waals surface area contributed by atoms with E-state index in [1.54, 1.807) is 0 Å². The number of morpholine rings is 1. The summed E-state index contributed by atoms with van der Waals surface area (Å²) >= 11 is 0. The molecule has 31 heavy (non-hydrogen) atoms. The Bertz CT molecular complexity index is 866. The van der Waals surface area contributed by atoms with Gasteiger partial charge in [-0.2, -0.15) is 0 Å². The number of pyridine rings is 1. The monoisotopic (exact) mass is 434 g/mol. The molecule has 5 rings (SSSR count). The Morgan fingerprint density at radius 1 is 1.23 bits per heavy atom. The first kappa shape index (κ1) is 20.6. The van der Waals surface area contributed by atoms with Crippen molar-refractivity contribution in [3.05, 3.63) is 29.6 Å². The molecule has 1 saturated carbocycles. The average molecular weight is 434 g/mol. The number of nitrogens with one attached hydrogen (secondary N) is 1. The van der Waals surface area contributed by atoms with Crippen LogP contribution in [0.4, 0.5) is 13.6 Å². The van der Waals surface area contributed by atoms with Gasteiger partial charge in [0.2, 0.25) is 5.91 Å². The van der Waals surface area contributed by atoms with Crippen LogP contribution in [0.15, 0.2) is 12.3 Å². The van der Waals surface area contributed by atoms with Gasteiger partial charge in [-0.15, -0.1) is 0 Å². The van der Waals surface area contributed by atoms with E-state index in [-0.39, 0.29) is 36.1 Å². The van der Waals surface area contributed by atoms with E-state index >= 15 is 0 Å². The molecule has 1 aromatic heterocycles. The number of ether oxygens (including phenoxy) is 1. The maximum atomic E-state index is 13.9. The topological polar surface area (TPSA) is 74.8 Å². The van der Waals surface area contributed by atoms with Crippen LogP contribution in [0.5, 0.6) is 0 Å². The lowest BCUT2D eigenvalue weighted by molar-refractivity contribution is -0.140. The van der Waals surface area contributed by atoms with Crippen LogP contribution in [0.2, 0.25) is 0 Å². The van der Waals surface area contributed by atoms with E-state index < -0.39 is 11.6 Å². The summed E-state index contributed by atoms with van der Waals surface area (Å²) in [6.07, 6.45) is 6.32. The van der Waals surface area contributed by atoms with Gasteiger partial charge in [0.1, 0.15) is 18.2 Å². The third-order valence-corrected chi connectivity index (χ3v) is 7.45. The van der Waals surface area contributed by atoms with Crippen molar-refractivity contribution in [1.82, 2.24) is 20.1 Å². The Labute approximate surface area is 180 Å². The van der Waals surface area contributed by atoms with Crippen LogP contribution in [-0.2, 0) is 16.0 Å². The summed E-state index contributed by atoms with van der Waals surface area (Å²) < 4.78 is 32.5. The standard InChI is InChI=1S/C22H28F2N4O3/c23-15-8-16(24)17(25-9-15)7-14-1-4-22(5-2-14)12-28(13-22)21(30)27-6-3-19-18(10-27)26-20(29)11-31-19/h8-9,14,18-19H,1-7,10-13H2,(H,26,29)/t18-,19+/m1/s1. The van der Waals surface area contributed by atoms with Gasteiger partial charge in [0.15, 0.2) is 0 Å². The molecule has 1 N–H and O–H groups in total. The number of halogens is 2. The minimum atomic E-state index is -0.648. The Morgan fingerprint density at radius 3 is 2.74 bits per heavy atom. The smallest absolute Gasteiger partial charge is 0.320 e. The highest BCUT2D eigenvalue weighted by Gasteiger charge is 2.48. The number of piperidine rings is 1. The SMILES string of the molecule is O=C1CO[C@H]2CCN(C(=O)N3CC4(CCC(Cc5ncc(F)cc5F)CC4)C3)C[C@H]2N1. The normalized spacial score (nSPS) is 28.1. The van der Waals surface area contributed by atoms with Crippen molar-refractivity contribution in [2.24, 2.45) is 11.3 Å². The molecule has 1 spiro atoms. The minimum Gasteiger partial charge on any atom is -0.366 e. The van der Waals surface area contributed by atoms with Crippen LogP contribution in [-0.4, -0.2) is 71.7 Å². The van der Waals surface area contributed by atoms with Gasteiger partial charge < -0.3 is 19.9 Å². The first-order valence-electron chi connectivity index (χ1n) is 11.2. The maximum absolute atomic E-state index is 13.9. The second kappa shape index (κ2) is 8.00. The summed E-state index contributed by atoms with van der Waals surface area (Å²) in [7, 11) is 0. The number of urea groups is 1. The third kappa shape index (κ3) is 4.12. The zero-order chi connectivity index (χ0) is 21.6. The van der Waals surface area contributed by atoms with Crippen molar-refractivity contribution in [2.75, 3.05) is 32.8 Å². The number of carbonyl (C=O) groups excluding carboxylic acids is 2. The first-order chi connectivity index (χ1) is 14.9. The fraction of sp³-hybridized carbons (Fsp3) is 0.682. The molecule has 1 aliphatic carbocycles. The van der Waals surface area contributed by atoms with Gasteiger partial charge >= 0.3 is 6.03 Å². The first-order valence-corrected chi connectivity index (χ1v) is 11.2. The maximum Gasteiger partial charge on any atom is 0.320 e. The number of nitrogens with zero attached hydrogens (tertiary/aromatic N) is 3. The highest BCUT2D eigenvalue weighted by Crippen LogP contribution is 2.46. The number of amides is 3. The summed E-state index contributed by atoms with van der Waals surface area (Å²) in [5, 5.41) is 2.94. The van der Waals surface area contributed by atoms with Crippen LogP contribution >= 0.6 is 0 Å². The van der Waals surface area contributed by atoms with Gasteiger partial charge in [0.05, 0.1) is 24.0 Å². The second-order valence-corrected chi connectivity index (χ2v) is 9.63. The number of likely N-dealkylation sites (tertiary alicyclic amines) is 2. The lowest BCUT2D eigenvalue weighted by Crippen LogP contribution is -2.66. The van der Waals surface area contributed by atoms with Gasteiger partial charge in [0.25, 0.3) is 0 Å². The lowest BCUT2D eigenvalue weighted by atomic mass is 9.65. The molecule has 0 unspecified atom stereocenters. The summed E-state index contributed by atoms with van der Waals surface area (Å²) in [5.41, 5.74) is 0.511. The third-order valence-electron chi connectivity index (χ3n) is 7.45. The zero-order valence-corrected chi connectivity index (χ0v) is 17.5. The molecule has 2 atom stereocenters. The average Bonchev–Trinajstić information content (AvgIpc) is 2.73. The molecule has 0 radical (unpaired) electrons. The van der Waals surface area contributed by atoms with E-state index in [1.807, 2.05) is 9.80 Å². The molecule has 3 amide bonds. The molecule has 0 aromatic carbocycles. The highest BCUT2D eigenvalue weighted by molar-refractivity contribution is 5.79.